The zero-order chi connectivity index (χ0) is 20.7. The smallest absolute Gasteiger partial charge is 0.407 e. The molecule has 0 unspecified atom stereocenters. The predicted octanol–water partition coefficient (Wildman–Crippen LogP) is -1.27. The summed E-state index contributed by atoms with van der Waals surface area (Å²) in [6.45, 7) is -0.768. The van der Waals surface area contributed by atoms with Crippen molar-refractivity contribution in [2.24, 2.45) is 11.1 Å². The standard InChI is InChI=1S/C14H27N5O8/c1-16-4-5-19-13(23)27-9-14(6-24-10(15)20,7-25-11(21)17-2)8-26-12(22)18-3/h16H,4-9H2,1-3H3,(H2,15,20)(H,17,21)(H,18,22)(H,19,23). The van der Waals surface area contributed by atoms with Crippen LogP contribution in [0.25, 0.3) is 0 Å². The van der Waals surface area contributed by atoms with E-state index in [2.05, 4.69) is 21.3 Å². The number of carbonyl (C=O) groups excluding carboxylic acids is 4. The number of hydrogen-bond donors (Lipinski definition) is 5. The van der Waals surface area contributed by atoms with E-state index in [1.807, 2.05) is 0 Å². The second-order valence-electron chi connectivity index (χ2n) is 5.37. The number of primary amides is 1. The summed E-state index contributed by atoms with van der Waals surface area (Å²) >= 11 is 0. The van der Waals surface area contributed by atoms with Gasteiger partial charge in [-0.15, -0.1) is 0 Å². The van der Waals surface area contributed by atoms with Gasteiger partial charge in [-0.05, 0) is 7.05 Å². The van der Waals surface area contributed by atoms with Crippen molar-refractivity contribution in [2.75, 3.05) is 60.7 Å². The van der Waals surface area contributed by atoms with E-state index in [-0.39, 0.29) is 19.8 Å². The topological polar surface area (TPSA) is 179 Å². The SMILES string of the molecule is CNCCNC(=O)OCC(COC(N)=O)(COC(=O)NC)COC(=O)NC. The van der Waals surface area contributed by atoms with Crippen LogP contribution in [0.2, 0.25) is 0 Å². The van der Waals surface area contributed by atoms with Crippen LogP contribution in [0.15, 0.2) is 0 Å². The molecule has 0 fully saturated rings. The summed E-state index contributed by atoms with van der Waals surface area (Å²) in [5, 5.41) is 9.79. The third kappa shape index (κ3) is 11.3. The van der Waals surface area contributed by atoms with Crippen LogP contribution in [0, 0.1) is 5.41 Å². The fourth-order valence-corrected chi connectivity index (χ4v) is 1.62. The molecule has 0 saturated carbocycles. The molecule has 0 rings (SSSR count). The maximum atomic E-state index is 11.8. The molecule has 0 aliphatic heterocycles. The van der Waals surface area contributed by atoms with Gasteiger partial charge >= 0.3 is 24.4 Å². The fraction of sp³-hybridized carbons (Fsp3) is 0.714. The molecule has 0 saturated heterocycles. The highest BCUT2D eigenvalue weighted by Gasteiger charge is 2.37. The molecule has 0 bridgehead atoms. The van der Waals surface area contributed by atoms with E-state index in [1.54, 1.807) is 7.05 Å². The van der Waals surface area contributed by atoms with Gasteiger partial charge in [-0.1, -0.05) is 0 Å². The van der Waals surface area contributed by atoms with E-state index in [4.69, 9.17) is 24.7 Å². The number of rotatable bonds is 11. The predicted molar refractivity (Wildman–Crippen MR) is 92.1 cm³/mol. The first-order valence-corrected chi connectivity index (χ1v) is 7.95. The Morgan fingerprint density at radius 2 is 1.19 bits per heavy atom. The van der Waals surface area contributed by atoms with Crippen molar-refractivity contribution in [3.05, 3.63) is 0 Å². The molecule has 0 aromatic heterocycles. The third-order valence-electron chi connectivity index (χ3n) is 3.10. The molecule has 156 valence electrons. The number of ether oxygens (including phenoxy) is 4. The van der Waals surface area contributed by atoms with Gasteiger partial charge in [0.1, 0.15) is 31.8 Å². The average molecular weight is 393 g/mol. The summed E-state index contributed by atoms with van der Waals surface area (Å²) in [5.74, 6) is 0. The van der Waals surface area contributed by atoms with Crippen LogP contribution in [0.1, 0.15) is 0 Å². The second kappa shape index (κ2) is 13.3. The van der Waals surface area contributed by atoms with Crippen LogP contribution in [0.3, 0.4) is 0 Å². The fourth-order valence-electron chi connectivity index (χ4n) is 1.62. The van der Waals surface area contributed by atoms with Crippen molar-refractivity contribution in [1.29, 1.82) is 0 Å². The molecule has 6 N–H and O–H groups in total. The normalized spacial score (nSPS) is 10.3. The van der Waals surface area contributed by atoms with Crippen molar-refractivity contribution in [2.45, 2.75) is 0 Å². The number of hydrogen-bond acceptors (Lipinski definition) is 9. The molecule has 4 amide bonds. The Kier molecular flexibility index (Phi) is 11.8. The van der Waals surface area contributed by atoms with E-state index in [0.717, 1.165) is 0 Å². The monoisotopic (exact) mass is 393 g/mol. The molecule has 0 aromatic carbocycles. The van der Waals surface area contributed by atoms with E-state index < -0.39 is 36.4 Å². The molecule has 0 atom stereocenters. The van der Waals surface area contributed by atoms with E-state index in [1.165, 1.54) is 14.1 Å². The van der Waals surface area contributed by atoms with Gasteiger partial charge in [0.25, 0.3) is 0 Å². The lowest BCUT2D eigenvalue weighted by atomic mass is 9.92. The van der Waals surface area contributed by atoms with Crippen molar-refractivity contribution in [1.82, 2.24) is 21.3 Å². The highest BCUT2D eigenvalue weighted by Crippen LogP contribution is 2.21. The van der Waals surface area contributed by atoms with E-state index in [0.29, 0.717) is 13.1 Å². The van der Waals surface area contributed by atoms with Gasteiger partial charge in [-0.2, -0.15) is 0 Å². The zero-order valence-electron chi connectivity index (χ0n) is 15.6. The molecular weight excluding hydrogens is 366 g/mol. The first-order chi connectivity index (χ1) is 12.8. The van der Waals surface area contributed by atoms with Crippen molar-refractivity contribution >= 4 is 24.4 Å². The zero-order valence-corrected chi connectivity index (χ0v) is 15.6. The Labute approximate surface area is 156 Å². The van der Waals surface area contributed by atoms with E-state index >= 15 is 0 Å². The molecule has 13 heteroatoms. The lowest BCUT2D eigenvalue weighted by Gasteiger charge is -2.31. The molecule has 0 aliphatic rings. The third-order valence-corrected chi connectivity index (χ3v) is 3.10. The molecule has 13 nitrogen and oxygen atoms in total. The lowest BCUT2D eigenvalue weighted by Crippen LogP contribution is -2.46. The van der Waals surface area contributed by atoms with Crippen molar-refractivity contribution in [3.63, 3.8) is 0 Å². The molecule has 0 aliphatic carbocycles. The summed E-state index contributed by atoms with van der Waals surface area (Å²) in [7, 11) is 4.40. The summed E-state index contributed by atoms with van der Waals surface area (Å²) in [6.07, 6.45) is -3.42. The minimum Gasteiger partial charge on any atom is -0.449 e. The number of amides is 4. The van der Waals surface area contributed by atoms with Crippen molar-refractivity contribution in [3.8, 4) is 0 Å². The highest BCUT2D eigenvalue weighted by atomic mass is 16.6. The summed E-state index contributed by atoms with van der Waals surface area (Å²) < 4.78 is 19.8. The maximum Gasteiger partial charge on any atom is 0.407 e. The number of carbonyl (C=O) groups is 4. The minimum atomic E-state index is -1.37. The Morgan fingerprint density at radius 1 is 0.741 bits per heavy atom. The average Bonchev–Trinajstić information content (AvgIpc) is 2.66. The first-order valence-electron chi connectivity index (χ1n) is 7.95. The molecular formula is C14H27N5O8. The number of likely N-dealkylation sites (N-methyl/N-ethyl adjacent to an activating group) is 1. The summed E-state index contributed by atoms with van der Waals surface area (Å²) in [4.78, 5) is 45.5. The van der Waals surface area contributed by atoms with Gasteiger partial charge in [0.15, 0.2) is 0 Å². The van der Waals surface area contributed by atoms with Gasteiger partial charge in [0, 0.05) is 27.2 Å². The number of alkyl carbamates (subject to hydrolysis) is 3. The van der Waals surface area contributed by atoms with Crippen LogP contribution in [-0.2, 0) is 18.9 Å². The van der Waals surface area contributed by atoms with Crippen molar-refractivity contribution < 1.29 is 38.1 Å². The van der Waals surface area contributed by atoms with Gasteiger partial charge in [-0.25, -0.2) is 19.2 Å². The van der Waals surface area contributed by atoms with Gasteiger partial charge in [-0.3, -0.25) is 0 Å². The molecule has 0 spiro atoms. The number of nitrogens with two attached hydrogens (primary N) is 1. The van der Waals surface area contributed by atoms with E-state index in [9.17, 15) is 19.2 Å². The van der Waals surface area contributed by atoms with Crippen LogP contribution >= 0.6 is 0 Å². The van der Waals surface area contributed by atoms with Crippen LogP contribution in [-0.4, -0.2) is 85.0 Å². The number of nitrogens with one attached hydrogen (secondary N) is 4. The summed E-state index contributed by atoms with van der Waals surface area (Å²) in [6, 6.07) is 0. The Hall–Kier alpha value is -2.96. The van der Waals surface area contributed by atoms with Gasteiger partial charge in [0.05, 0.1) is 0 Å². The van der Waals surface area contributed by atoms with Crippen LogP contribution in [0.4, 0.5) is 19.2 Å². The van der Waals surface area contributed by atoms with Gasteiger partial charge < -0.3 is 45.9 Å². The van der Waals surface area contributed by atoms with Gasteiger partial charge in [0.2, 0.25) is 0 Å². The summed E-state index contributed by atoms with van der Waals surface area (Å²) in [5.41, 5.74) is 3.61. The highest BCUT2D eigenvalue weighted by molar-refractivity contribution is 5.68. The molecule has 27 heavy (non-hydrogen) atoms. The molecule has 0 radical (unpaired) electrons. The largest absolute Gasteiger partial charge is 0.449 e. The first kappa shape index (κ1) is 24.0. The Balaban J connectivity index is 5.13. The second-order valence-corrected chi connectivity index (χ2v) is 5.37. The van der Waals surface area contributed by atoms with Crippen LogP contribution < -0.4 is 27.0 Å². The Bertz CT molecular complexity index is 482. The molecule has 0 heterocycles. The quantitative estimate of drug-likeness (QED) is 0.211. The molecule has 0 aromatic rings. The maximum absolute atomic E-state index is 11.8. The minimum absolute atomic E-state index is 0.309. The lowest BCUT2D eigenvalue weighted by molar-refractivity contribution is -0.0472. The Morgan fingerprint density at radius 3 is 1.59 bits per heavy atom. The van der Waals surface area contributed by atoms with Crippen LogP contribution in [0.5, 0.6) is 0 Å².